The van der Waals surface area contributed by atoms with Crippen molar-refractivity contribution in [3.63, 3.8) is 0 Å². The average molecular weight is 404 g/mol. The van der Waals surface area contributed by atoms with Gasteiger partial charge in [-0.05, 0) is 36.4 Å². The summed E-state index contributed by atoms with van der Waals surface area (Å²) in [6.07, 6.45) is -4.56. The van der Waals surface area contributed by atoms with Crippen molar-refractivity contribution >= 4 is 11.8 Å². The molecule has 0 atom stereocenters. The second kappa shape index (κ2) is 9.02. The molecule has 0 radical (unpaired) electrons. The maximum absolute atomic E-state index is 12.6. The van der Waals surface area contributed by atoms with E-state index in [0.717, 1.165) is 24.3 Å². The fourth-order valence-electron chi connectivity index (χ4n) is 1.96. The van der Waals surface area contributed by atoms with Crippen molar-refractivity contribution in [2.24, 2.45) is 0 Å². The van der Waals surface area contributed by atoms with Gasteiger partial charge in [-0.25, -0.2) is 0 Å². The van der Waals surface area contributed by atoms with Gasteiger partial charge in [0.25, 0.3) is 11.8 Å². The van der Waals surface area contributed by atoms with Gasteiger partial charge in [-0.2, -0.15) is 22.0 Å². The number of nitrogens with one attached hydrogen (secondary N) is 2. The molecule has 0 heterocycles. The van der Waals surface area contributed by atoms with Crippen molar-refractivity contribution in [2.75, 3.05) is 6.61 Å². The first-order valence-corrected chi connectivity index (χ1v) is 7.59. The van der Waals surface area contributed by atoms with Crippen LogP contribution in [0.25, 0.3) is 0 Å². The number of hydrogen-bond donors (Lipinski definition) is 2. The molecule has 0 saturated heterocycles. The van der Waals surface area contributed by atoms with Crippen molar-refractivity contribution in [1.29, 1.82) is 0 Å². The number of ether oxygens (including phenoxy) is 2. The molecule has 2 aromatic rings. The molecular formula is C17H13F5N2O4. The summed E-state index contributed by atoms with van der Waals surface area (Å²) < 4.78 is 71.2. The third kappa shape index (κ3) is 6.41. The van der Waals surface area contributed by atoms with E-state index in [2.05, 4.69) is 4.74 Å². The van der Waals surface area contributed by atoms with Gasteiger partial charge in [0, 0.05) is 5.56 Å². The quantitative estimate of drug-likeness (QED) is 0.573. The van der Waals surface area contributed by atoms with E-state index in [1.165, 1.54) is 24.3 Å². The first-order valence-electron chi connectivity index (χ1n) is 7.59. The molecular weight excluding hydrogens is 391 g/mol. The highest BCUT2D eigenvalue weighted by Gasteiger charge is 2.30. The van der Waals surface area contributed by atoms with Crippen LogP contribution in [0.5, 0.6) is 11.5 Å². The van der Waals surface area contributed by atoms with Crippen LogP contribution in [0.2, 0.25) is 0 Å². The maximum Gasteiger partial charge on any atom is 0.416 e. The summed E-state index contributed by atoms with van der Waals surface area (Å²) in [5.41, 5.74) is 2.98. The summed E-state index contributed by atoms with van der Waals surface area (Å²) in [4.78, 5) is 23.5. The van der Waals surface area contributed by atoms with E-state index in [4.69, 9.17) is 4.74 Å². The highest BCUT2D eigenvalue weighted by atomic mass is 19.4. The molecule has 0 aliphatic heterocycles. The molecule has 0 spiro atoms. The largest absolute Gasteiger partial charge is 0.484 e. The molecule has 28 heavy (non-hydrogen) atoms. The Bertz CT molecular complexity index is 842. The predicted octanol–water partition coefficient (Wildman–Crippen LogP) is 3.15. The Kier molecular flexibility index (Phi) is 6.74. The summed E-state index contributed by atoms with van der Waals surface area (Å²) in [6, 6.07) is 8.75. The first kappa shape index (κ1) is 20.9. The standard InChI is InChI=1S/C17H13F5N2O4/c18-16(19)28-13-6-1-3-10(7-13)15(26)24-23-14(25)9-27-12-5-2-4-11(8-12)17(20,21)22/h1-8,16H,9H2,(H,23,25)(H,24,26). The monoisotopic (exact) mass is 404 g/mol. The second-order valence-electron chi connectivity index (χ2n) is 5.22. The first-order chi connectivity index (χ1) is 13.1. The molecule has 6 nitrogen and oxygen atoms in total. The van der Waals surface area contributed by atoms with Crippen LogP contribution in [-0.4, -0.2) is 25.0 Å². The van der Waals surface area contributed by atoms with E-state index in [0.29, 0.717) is 0 Å². The lowest BCUT2D eigenvalue weighted by Crippen LogP contribution is -2.43. The molecule has 0 unspecified atom stereocenters. The number of carbonyl (C=O) groups excluding carboxylic acids is 2. The molecule has 11 heteroatoms. The molecule has 2 N–H and O–H groups in total. The van der Waals surface area contributed by atoms with E-state index in [1.54, 1.807) is 0 Å². The molecule has 0 aliphatic carbocycles. The Labute approximate surface area is 155 Å². The van der Waals surface area contributed by atoms with Crippen LogP contribution in [-0.2, 0) is 11.0 Å². The zero-order valence-corrected chi connectivity index (χ0v) is 13.9. The van der Waals surface area contributed by atoms with Gasteiger partial charge in [-0.3, -0.25) is 20.4 Å². The number of amides is 2. The third-order valence-electron chi connectivity index (χ3n) is 3.17. The van der Waals surface area contributed by atoms with Crippen molar-refractivity contribution in [3.8, 4) is 11.5 Å². The van der Waals surface area contributed by atoms with Gasteiger partial charge in [0.1, 0.15) is 11.5 Å². The van der Waals surface area contributed by atoms with Gasteiger partial charge in [0.2, 0.25) is 0 Å². The number of benzene rings is 2. The average Bonchev–Trinajstić information content (AvgIpc) is 2.63. The summed E-state index contributed by atoms with van der Waals surface area (Å²) >= 11 is 0. The Hall–Kier alpha value is -3.37. The molecule has 0 bridgehead atoms. The van der Waals surface area contributed by atoms with Crippen LogP contribution in [0.15, 0.2) is 48.5 Å². The highest BCUT2D eigenvalue weighted by molar-refractivity contribution is 5.95. The highest BCUT2D eigenvalue weighted by Crippen LogP contribution is 2.31. The van der Waals surface area contributed by atoms with Crippen LogP contribution >= 0.6 is 0 Å². The zero-order chi connectivity index (χ0) is 20.7. The van der Waals surface area contributed by atoms with Crippen LogP contribution in [0.3, 0.4) is 0 Å². The molecule has 2 aromatic carbocycles. The van der Waals surface area contributed by atoms with Gasteiger partial charge >= 0.3 is 12.8 Å². The van der Waals surface area contributed by atoms with Crippen molar-refractivity contribution in [1.82, 2.24) is 10.9 Å². The number of halogens is 5. The summed E-state index contributed by atoms with van der Waals surface area (Å²) in [5.74, 6) is -2.12. The minimum absolute atomic E-state index is 0.0720. The number of alkyl halides is 5. The summed E-state index contributed by atoms with van der Waals surface area (Å²) in [5, 5.41) is 0. The Morgan fingerprint density at radius 3 is 2.32 bits per heavy atom. The zero-order valence-electron chi connectivity index (χ0n) is 13.9. The van der Waals surface area contributed by atoms with Gasteiger partial charge in [-0.1, -0.05) is 12.1 Å². The summed E-state index contributed by atoms with van der Waals surface area (Å²) in [6.45, 7) is -3.73. The fraction of sp³-hybridized carbons (Fsp3) is 0.176. The smallest absolute Gasteiger partial charge is 0.416 e. The minimum atomic E-state index is -4.56. The lowest BCUT2D eigenvalue weighted by atomic mass is 10.2. The van der Waals surface area contributed by atoms with Crippen molar-refractivity contribution in [2.45, 2.75) is 12.8 Å². The lowest BCUT2D eigenvalue weighted by molar-refractivity contribution is -0.137. The Balaban J connectivity index is 1.85. The Morgan fingerprint density at radius 2 is 1.64 bits per heavy atom. The van der Waals surface area contributed by atoms with Crippen molar-refractivity contribution in [3.05, 3.63) is 59.7 Å². The topological polar surface area (TPSA) is 76.7 Å². The SMILES string of the molecule is O=C(COc1cccc(C(F)(F)F)c1)NNC(=O)c1cccc(OC(F)F)c1. The van der Waals surface area contributed by atoms with E-state index < -0.39 is 36.8 Å². The molecule has 0 aromatic heterocycles. The fourth-order valence-corrected chi connectivity index (χ4v) is 1.96. The molecule has 0 aliphatic rings. The van der Waals surface area contributed by atoms with E-state index in [-0.39, 0.29) is 17.1 Å². The molecule has 0 fully saturated rings. The number of rotatable bonds is 6. The van der Waals surface area contributed by atoms with E-state index >= 15 is 0 Å². The minimum Gasteiger partial charge on any atom is -0.484 e. The molecule has 2 amide bonds. The van der Waals surface area contributed by atoms with Gasteiger partial charge in [-0.15, -0.1) is 0 Å². The van der Waals surface area contributed by atoms with Crippen LogP contribution in [0.4, 0.5) is 22.0 Å². The number of hydrazine groups is 1. The number of carbonyl (C=O) groups is 2. The predicted molar refractivity (Wildman–Crippen MR) is 85.6 cm³/mol. The van der Waals surface area contributed by atoms with Gasteiger partial charge in [0.15, 0.2) is 6.61 Å². The molecule has 2 rings (SSSR count). The van der Waals surface area contributed by atoms with Crippen molar-refractivity contribution < 1.29 is 41.0 Å². The van der Waals surface area contributed by atoms with Crippen LogP contribution in [0.1, 0.15) is 15.9 Å². The summed E-state index contributed by atoms with van der Waals surface area (Å²) in [7, 11) is 0. The van der Waals surface area contributed by atoms with E-state index in [9.17, 15) is 31.5 Å². The Morgan fingerprint density at radius 1 is 0.964 bits per heavy atom. The van der Waals surface area contributed by atoms with Crippen LogP contribution in [0, 0.1) is 0 Å². The van der Waals surface area contributed by atoms with Gasteiger partial charge in [0.05, 0.1) is 5.56 Å². The molecule has 150 valence electrons. The molecule has 0 saturated carbocycles. The number of hydrogen-bond acceptors (Lipinski definition) is 4. The second-order valence-corrected chi connectivity index (χ2v) is 5.22. The normalized spacial score (nSPS) is 11.1. The van der Waals surface area contributed by atoms with E-state index in [1.807, 2.05) is 10.9 Å². The maximum atomic E-state index is 12.6. The van der Waals surface area contributed by atoms with Crippen LogP contribution < -0.4 is 20.3 Å². The van der Waals surface area contributed by atoms with Gasteiger partial charge < -0.3 is 9.47 Å². The lowest BCUT2D eigenvalue weighted by Gasteiger charge is -2.11. The third-order valence-corrected chi connectivity index (χ3v) is 3.17.